The zero-order valence-corrected chi connectivity index (χ0v) is 23.7. The second-order valence-electron chi connectivity index (χ2n) is 9.97. The molecular formula is C32H37N3O3S. The SMILES string of the molecule is C/C=C/c1nc(SC2CCCC2)n(-c2cccnc2)c1COc1ccc(C#CCOC2CCCCO2)c(C)c1. The highest BCUT2D eigenvalue weighted by atomic mass is 32.2. The lowest BCUT2D eigenvalue weighted by Gasteiger charge is -2.21. The fourth-order valence-electron chi connectivity index (χ4n) is 4.99. The molecule has 7 heteroatoms. The zero-order valence-electron chi connectivity index (χ0n) is 22.9. The van der Waals surface area contributed by atoms with Crippen molar-refractivity contribution >= 4 is 17.8 Å². The molecule has 1 saturated heterocycles. The molecule has 39 heavy (non-hydrogen) atoms. The monoisotopic (exact) mass is 543 g/mol. The number of benzene rings is 1. The Morgan fingerprint density at radius 1 is 1.15 bits per heavy atom. The summed E-state index contributed by atoms with van der Waals surface area (Å²) in [6, 6.07) is 10.1. The summed E-state index contributed by atoms with van der Waals surface area (Å²) < 4.78 is 19.9. The summed E-state index contributed by atoms with van der Waals surface area (Å²) in [5, 5.41) is 1.61. The maximum absolute atomic E-state index is 6.35. The van der Waals surface area contributed by atoms with Gasteiger partial charge in [-0.25, -0.2) is 4.98 Å². The smallest absolute Gasteiger partial charge is 0.173 e. The van der Waals surface area contributed by atoms with Gasteiger partial charge in [-0.15, -0.1) is 0 Å². The number of aryl methyl sites for hydroxylation is 1. The van der Waals surface area contributed by atoms with Gasteiger partial charge in [-0.05, 0) is 87.9 Å². The molecule has 204 valence electrons. The van der Waals surface area contributed by atoms with E-state index in [4.69, 9.17) is 19.2 Å². The lowest BCUT2D eigenvalue weighted by molar-refractivity contribution is -0.154. The van der Waals surface area contributed by atoms with Crippen LogP contribution >= 0.6 is 11.8 Å². The van der Waals surface area contributed by atoms with E-state index in [1.165, 1.54) is 25.7 Å². The Morgan fingerprint density at radius 2 is 2.03 bits per heavy atom. The Kier molecular flexibility index (Phi) is 9.76. The summed E-state index contributed by atoms with van der Waals surface area (Å²) in [6.45, 7) is 5.62. The summed E-state index contributed by atoms with van der Waals surface area (Å²) in [4.78, 5) is 9.43. The van der Waals surface area contributed by atoms with Gasteiger partial charge >= 0.3 is 0 Å². The van der Waals surface area contributed by atoms with Crippen LogP contribution in [0, 0.1) is 18.8 Å². The van der Waals surface area contributed by atoms with Crippen LogP contribution in [0.15, 0.2) is 54.0 Å². The predicted octanol–water partition coefficient (Wildman–Crippen LogP) is 7.12. The van der Waals surface area contributed by atoms with Crippen LogP contribution in [-0.4, -0.2) is 39.3 Å². The van der Waals surface area contributed by atoms with Crippen LogP contribution in [0.25, 0.3) is 11.8 Å². The topological polar surface area (TPSA) is 58.4 Å². The van der Waals surface area contributed by atoms with E-state index in [9.17, 15) is 0 Å². The van der Waals surface area contributed by atoms with Crippen molar-refractivity contribution in [3.05, 3.63) is 71.3 Å². The number of hydrogen-bond donors (Lipinski definition) is 0. The summed E-state index contributed by atoms with van der Waals surface area (Å²) in [5.74, 6) is 7.16. The van der Waals surface area contributed by atoms with Gasteiger partial charge in [0.05, 0.1) is 23.3 Å². The van der Waals surface area contributed by atoms with Crippen molar-refractivity contribution in [2.24, 2.45) is 0 Å². The van der Waals surface area contributed by atoms with E-state index in [0.29, 0.717) is 18.5 Å². The minimum atomic E-state index is -0.116. The molecule has 2 aromatic heterocycles. The molecular weight excluding hydrogens is 506 g/mol. The second kappa shape index (κ2) is 13.8. The number of imidazole rings is 1. The van der Waals surface area contributed by atoms with Crippen LogP contribution in [0.5, 0.6) is 5.75 Å². The quantitative estimate of drug-likeness (QED) is 0.268. The summed E-state index contributed by atoms with van der Waals surface area (Å²) in [5.41, 5.74) is 5.00. The Morgan fingerprint density at radius 3 is 2.77 bits per heavy atom. The molecule has 6 nitrogen and oxygen atoms in total. The average Bonchev–Trinajstić information content (AvgIpc) is 3.60. The maximum atomic E-state index is 6.35. The highest BCUT2D eigenvalue weighted by molar-refractivity contribution is 7.99. The maximum Gasteiger partial charge on any atom is 0.173 e. The van der Waals surface area contributed by atoms with Gasteiger partial charge in [0.1, 0.15) is 19.0 Å². The number of hydrogen-bond acceptors (Lipinski definition) is 6. The average molecular weight is 544 g/mol. The van der Waals surface area contributed by atoms with E-state index < -0.39 is 0 Å². The summed E-state index contributed by atoms with van der Waals surface area (Å²) >= 11 is 1.88. The fraction of sp³-hybridized carbons (Fsp3) is 0.438. The molecule has 1 atom stereocenters. The largest absolute Gasteiger partial charge is 0.487 e. The molecule has 2 aliphatic rings. The van der Waals surface area contributed by atoms with E-state index in [0.717, 1.165) is 65.0 Å². The zero-order chi connectivity index (χ0) is 26.9. The van der Waals surface area contributed by atoms with Crippen LogP contribution in [0.3, 0.4) is 0 Å². The Bertz CT molecular complexity index is 1310. The molecule has 0 N–H and O–H groups in total. The molecule has 1 saturated carbocycles. The van der Waals surface area contributed by atoms with Crippen molar-refractivity contribution in [3.8, 4) is 23.3 Å². The van der Waals surface area contributed by atoms with Crippen molar-refractivity contribution < 1.29 is 14.2 Å². The fourth-order valence-corrected chi connectivity index (χ4v) is 6.33. The Labute approximate surface area is 236 Å². The van der Waals surface area contributed by atoms with Gasteiger partial charge in [0.25, 0.3) is 0 Å². The third kappa shape index (κ3) is 7.33. The van der Waals surface area contributed by atoms with Crippen molar-refractivity contribution in [3.63, 3.8) is 0 Å². The van der Waals surface area contributed by atoms with Crippen LogP contribution in [0.4, 0.5) is 0 Å². The number of aromatic nitrogens is 3. The molecule has 1 aliphatic heterocycles. The third-order valence-electron chi connectivity index (χ3n) is 7.05. The first-order valence-corrected chi connectivity index (χ1v) is 14.9. The van der Waals surface area contributed by atoms with Crippen LogP contribution in [0.1, 0.15) is 74.4 Å². The molecule has 1 aromatic carbocycles. The van der Waals surface area contributed by atoms with E-state index in [1.54, 1.807) is 6.20 Å². The summed E-state index contributed by atoms with van der Waals surface area (Å²) in [7, 11) is 0. The molecule has 5 rings (SSSR count). The predicted molar refractivity (Wildman–Crippen MR) is 156 cm³/mol. The molecule has 3 aromatic rings. The number of allylic oxidation sites excluding steroid dienone is 1. The van der Waals surface area contributed by atoms with Gasteiger partial charge in [-0.3, -0.25) is 9.55 Å². The van der Waals surface area contributed by atoms with E-state index in [2.05, 4.69) is 40.5 Å². The number of rotatable bonds is 9. The first-order chi connectivity index (χ1) is 19.2. The van der Waals surface area contributed by atoms with Gasteiger partial charge in [0, 0.05) is 23.6 Å². The molecule has 0 spiro atoms. The highest BCUT2D eigenvalue weighted by Gasteiger charge is 2.23. The first kappa shape index (κ1) is 27.5. The third-order valence-corrected chi connectivity index (χ3v) is 8.34. The van der Waals surface area contributed by atoms with Crippen LogP contribution in [-0.2, 0) is 16.1 Å². The first-order valence-electron chi connectivity index (χ1n) is 14.0. The van der Waals surface area contributed by atoms with Crippen molar-refractivity contribution in [2.45, 2.75) is 82.1 Å². The molecule has 0 radical (unpaired) electrons. The van der Waals surface area contributed by atoms with E-state index in [-0.39, 0.29) is 6.29 Å². The van der Waals surface area contributed by atoms with Crippen molar-refractivity contribution in [1.29, 1.82) is 0 Å². The molecule has 0 bridgehead atoms. The minimum absolute atomic E-state index is 0.116. The molecule has 1 unspecified atom stereocenters. The van der Waals surface area contributed by atoms with Crippen LogP contribution in [0.2, 0.25) is 0 Å². The number of ether oxygens (including phenoxy) is 3. The second-order valence-corrected chi connectivity index (χ2v) is 11.2. The lowest BCUT2D eigenvalue weighted by atomic mass is 10.1. The molecule has 0 amide bonds. The number of thioether (sulfide) groups is 1. The normalized spacial score (nSPS) is 17.8. The highest BCUT2D eigenvalue weighted by Crippen LogP contribution is 2.37. The van der Waals surface area contributed by atoms with Crippen molar-refractivity contribution in [1.82, 2.24) is 14.5 Å². The van der Waals surface area contributed by atoms with Crippen LogP contribution < -0.4 is 4.74 Å². The van der Waals surface area contributed by atoms with Gasteiger partial charge in [0.15, 0.2) is 11.4 Å². The van der Waals surface area contributed by atoms with E-state index in [1.807, 2.05) is 55.2 Å². The standard InChI is InChI=1S/C32H37N3O3S/c1-3-10-29-30(35(26-12-8-18-33-22-26)32(34-29)39-28-13-4-5-14-28)23-38-27-17-16-25(24(2)21-27)11-9-20-37-31-15-6-7-19-36-31/h3,8,10,12,16-18,21-22,28,31H,4-7,13-15,19-20,23H2,1-2H3/b10-3+. The van der Waals surface area contributed by atoms with Crippen molar-refractivity contribution in [2.75, 3.05) is 13.2 Å². The van der Waals surface area contributed by atoms with Gasteiger partial charge in [0.2, 0.25) is 0 Å². The Balaban J connectivity index is 1.31. The number of nitrogens with zero attached hydrogens (tertiary/aromatic N) is 3. The molecule has 2 fully saturated rings. The lowest BCUT2D eigenvalue weighted by Crippen LogP contribution is -2.22. The number of pyridine rings is 1. The minimum Gasteiger partial charge on any atom is -0.487 e. The summed E-state index contributed by atoms with van der Waals surface area (Å²) in [6.07, 6.45) is 16.0. The van der Waals surface area contributed by atoms with Gasteiger partial charge in [-0.1, -0.05) is 42.5 Å². The molecule has 3 heterocycles. The Hall–Kier alpha value is -3.05. The van der Waals surface area contributed by atoms with Gasteiger partial charge in [-0.2, -0.15) is 0 Å². The molecule has 1 aliphatic carbocycles. The van der Waals surface area contributed by atoms with Gasteiger partial charge < -0.3 is 14.2 Å². The van der Waals surface area contributed by atoms with E-state index >= 15 is 0 Å².